The van der Waals surface area contributed by atoms with Crippen molar-refractivity contribution in [3.05, 3.63) is 261 Å². The number of hydrogen-bond donors (Lipinski definition) is 0. The summed E-state index contributed by atoms with van der Waals surface area (Å²) in [4.78, 5) is 2.39. The Bertz CT molecular complexity index is 3230. The molecule has 0 aliphatic heterocycles. The van der Waals surface area contributed by atoms with E-state index in [0.717, 1.165) is 22.6 Å². The lowest BCUT2D eigenvalue weighted by atomic mass is 9.84. The van der Waals surface area contributed by atoms with Gasteiger partial charge < -0.3 is 4.90 Å². The predicted molar refractivity (Wildman–Crippen MR) is 269 cm³/mol. The molecular formula is C62H43N. The molecule has 0 atom stereocenters. The lowest BCUT2D eigenvalue weighted by molar-refractivity contribution is 1.28. The Morgan fingerprint density at radius 3 is 1.14 bits per heavy atom. The Labute approximate surface area is 369 Å². The van der Waals surface area contributed by atoms with Crippen LogP contribution in [0, 0.1) is 0 Å². The fourth-order valence-corrected chi connectivity index (χ4v) is 9.31. The van der Waals surface area contributed by atoms with E-state index >= 15 is 0 Å². The molecule has 63 heavy (non-hydrogen) atoms. The van der Waals surface area contributed by atoms with Crippen molar-refractivity contribution in [2.75, 3.05) is 4.90 Å². The molecule has 0 saturated heterocycles. The van der Waals surface area contributed by atoms with Crippen molar-refractivity contribution in [3.63, 3.8) is 0 Å². The van der Waals surface area contributed by atoms with Crippen LogP contribution in [-0.2, 0) is 0 Å². The first-order chi connectivity index (χ1) is 31.3. The van der Waals surface area contributed by atoms with E-state index in [9.17, 15) is 0 Å². The quantitative estimate of drug-likeness (QED) is 0.141. The van der Waals surface area contributed by atoms with E-state index in [4.69, 9.17) is 0 Å². The summed E-state index contributed by atoms with van der Waals surface area (Å²) in [5.74, 6) is 0. The van der Waals surface area contributed by atoms with Crippen molar-refractivity contribution >= 4 is 38.6 Å². The zero-order chi connectivity index (χ0) is 42.0. The maximum Gasteiger partial charge on any atom is 0.0467 e. The summed E-state index contributed by atoms with van der Waals surface area (Å²) in [5, 5.41) is 4.99. The number of hydrogen-bond acceptors (Lipinski definition) is 1. The van der Waals surface area contributed by atoms with E-state index < -0.39 is 0 Å². The van der Waals surface area contributed by atoms with E-state index in [1.807, 2.05) is 0 Å². The van der Waals surface area contributed by atoms with Crippen molar-refractivity contribution in [2.24, 2.45) is 0 Å². The van der Waals surface area contributed by atoms with Gasteiger partial charge in [0.25, 0.3) is 0 Å². The maximum atomic E-state index is 2.39. The Hall–Kier alpha value is -8.26. The van der Waals surface area contributed by atoms with Crippen molar-refractivity contribution in [1.82, 2.24) is 0 Å². The van der Waals surface area contributed by atoms with Gasteiger partial charge in [-0.1, -0.05) is 224 Å². The number of fused-ring (bicyclic) bond motifs is 2. The first kappa shape index (κ1) is 37.7. The fourth-order valence-electron chi connectivity index (χ4n) is 9.31. The highest BCUT2D eigenvalue weighted by atomic mass is 15.1. The molecule has 0 N–H and O–H groups in total. The lowest BCUT2D eigenvalue weighted by Crippen LogP contribution is -2.10. The number of anilines is 3. The minimum Gasteiger partial charge on any atom is -0.310 e. The van der Waals surface area contributed by atoms with Crippen LogP contribution in [0.15, 0.2) is 261 Å². The molecule has 11 rings (SSSR count). The monoisotopic (exact) mass is 801 g/mol. The second-order valence-electron chi connectivity index (χ2n) is 16.0. The van der Waals surface area contributed by atoms with Crippen LogP contribution in [0.2, 0.25) is 0 Å². The van der Waals surface area contributed by atoms with Crippen LogP contribution in [0.25, 0.3) is 88.3 Å². The zero-order valence-electron chi connectivity index (χ0n) is 34.8. The van der Waals surface area contributed by atoms with Crippen molar-refractivity contribution < 1.29 is 0 Å². The first-order valence-corrected chi connectivity index (χ1v) is 21.7. The second-order valence-corrected chi connectivity index (χ2v) is 16.0. The molecule has 11 aromatic carbocycles. The molecule has 0 unspecified atom stereocenters. The Morgan fingerprint density at radius 1 is 0.206 bits per heavy atom. The van der Waals surface area contributed by atoms with Crippen LogP contribution < -0.4 is 4.90 Å². The first-order valence-electron chi connectivity index (χ1n) is 21.7. The average Bonchev–Trinajstić information content (AvgIpc) is 3.37. The molecule has 296 valence electrons. The molecule has 1 heteroatoms. The second kappa shape index (κ2) is 16.7. The number of nitrogens with zero attached hydrogens (tertiary/aromatic N) is 1. The van der Waals surface area contributed by atoms with Gasteiger partial charge in [0, 0.05) is 17.1 Å². The van der Waals surface area contributed by atoms with Gasteiger partial charge in [0.05, 0.1) is 0 Å². The van der Waals surface area contributed by atoms with Crippen LogP contribution >= 0.6 is 0 Å². The number of benzene rings is 11. The smallest absolute Gasteiger partial charge is 0.0467 e. The lowest BCUT2D eigenvalue weighted by Gasteiger charge is -2.27. The van der Waals surface area contributed by atoms with Gasteiger partial charge in [-0.3, -0.25) is 0 Å². The minimum absolute atomic E-state index is 1.08. The molecule has 0 radical (unpaired) electrons. The van der Waals surface area contributed by atoms with Gasteiger partial charge in [0.2, 0.25) is 0 Å². The molecule has 0 spiro atoms. The topological polar surface area (TPSA) is 3.24 Å². The summed E-state index contributed by atoms with van der Waals surface area (Å²) < 4.78 is 0. The summed E-state index contributed by atoms with van der Waals surface area (Å²) in [5.41, 5.74) is 17.6. The Morgan fingerprint density at radius 2 is 0.571 bits per heavy atom. The largest absolute Gasteiger partial charge is 0.310 e. The third-order valence-electron chi connectivity index (χ3n) is 12.3. The molecule has 0 aliphatic rings. The van der Waals surface area contributed by atoms with Gasteiger partial charge in [0.15, 0.2) is 0 Å². The van der Waals surface area contributed by atoms with Crippen LogP contribution in [0.3, 0.4) is 0 Å². The van der Waals surface area contributed by atoms with Crippen LogP contribution in [0.1, 0.15) is 0 Å². The average molecular weight is 802 g/mol. The van der Waals surface area contributed by atoms with Crippen molar-refractivity contribution in [2.45, 2.75) is 0 Å². The molecular weight excluding hydrogens is 759 g/mol. The molecule has 0 fully saturated rings. The van der Waals surface area contributed by atoms with E-state index in [-0.39, 0.29) is 0 Å². The summed E-state index contributed by atoms with van der Waals surface area (Å²) in [7, 11) is 0. The summed E-state index contributed by atoms with van der Waals surface area (Å²) in [6.07, 6.45) is 0. The molecule has 1 nitrogen and oxygen atoms in total. The molecule has 0 amide bonds. The van der Waals surface area contributed by atoms with Crippen LogP contribution in [0.4, 0.5) is 17.1 Å². The van der Waals surface area contributed by atoms with Crippen LogP contribution in [-0.4, -0.2) is 0 Å². The highest BCUT2D eigenvalue weighted by Gasteiger charge is 2.20. The Balaban J connectivity index is 1.07. The molecule has 11 aromatic rings. The molecule has 0 bridgehead atoms. The normalized spacial score (nSPS) is 11.2. The predicted octanol–water partition coefficient (Wildman–Crippen LogP) is 17.5. The zero-order valence-corrected chi connectivity index (χ0v) is 34.8. The highest BCUT2D eigenvalue weighted by molar-refractivity contribution is 6.01. The molecule has 0 heterocycles. The van der Waals surface area contributed by atoms with Crippen molar-refractivity contribution in [3.8, 4) is 66.8 Å². The van der Waals surface area contributed by atoms with E-state index in [1.54, 1.807) is 0 Å². The summed E-state index contributed by atoms with van der Waals surface area (Å²) in [6.45, 7) is 0. The van der Waals surface area contributed by atoms with E-state index in [2.05, 4.69) is 266 Å². The van der Waals surface area contributed by atoms with Gasteiger partial charge >= 0.3 is 0 Å². The van der Waals surface area contributed by atoms with Gasteiger partial charge in [0.1, 0.15) is 0 Å². The SMILES string of the molecule is c1ccc(-c2ccccc2-c2c(-c3ccccc3)cccc2-c2cccc(N(c3ccc(-c4cccc5ccccc45)cc3)c3ccc(-c4cccc5ccccc45)cc3)c2)cc1. The third kappa shape index (κ3) is 7.26. The fraction of sp³-hybridized carbons (Fsp3) is 0. The molecule has 0 aromatic heterocycles. The molecule has 0 aliphatic carbocycles. The third-order valence-corrected chi connectivity index (χ3v) is 12.3. The summed E-state index contributed by atoms with van der Waals surface area (Å²) >= 11 is 0. The van der Waals surface area contributed by atoms with Crippen LogP contribution in [0.5, 0.6) is 0 Å². The van der Waals surface area contributed by atoms with E-state index in [1.165, 1.54) is 82.7 Å². The standard InChI is InChI=1S/C62H43N/c1-3-17-44(18-4-1)58-29-11-12-30-61(58)62-59(47-19-5-2-6-20-47)33-16-34-60(62)50-25-13-26-53(43-50)63(51-39-35-48(36-40-51)56-31-14-23-45-21-7-9-27-54(45)56)52-41-37-49(38-42-52)57-32-15-24-46-22-8-10-28-55(46)57/h1-43H. The minimum atomic E-state index is 1.08. The van der Waals surface area contributed by atoms with Gasteiger partial charge in [-0.2, -0.15) is 0 Å². The van der Waals surface area contributed by atoms with Gasteiger partial charge in [-0.25, -0.2) is 0 Å². The van der Waals surface area contributed by atoms with Crippen molar-refractivity contribution in [1.29, 1.82) is 0 Å². The van der Waals surface area contributed by atoms with E-state index in [0.29, 0.717) is 0 Å². The Kier molecular flexibility index (Phi) is 9.97. The molecule has 0 saturated carbocycles. The van der Waals surface area contributed by atoms with Gasteiger partial charge in [-0.05, 0) is 125 Å². The van der Waals surface area contributed by atoms with Gasteiger partial charge in [-0.15, -0.1) is 0 Å². The maximum absolute atomic E-state index is 2.39. The number of rotatable bonds is 9. The summed E-state index contributed by atoms with van der Waals surface area (Å²) in [6, 6.07) is 94.7. The highest BCUT2D eigenvalue weighted by Crippen LogP contribution is 2.46.